The van der Waals surface area contributed by atoms with Gasteiger partial charge in [-0.25, -0.2) is 4.68 Å². The largest absolute Gasteiger partial charge is 0.493 e. The quantitative estimate of drug-likeness (QED) is 0.324. The van der Waals surface area contributed by atoms with Crippen LogP contribution in [0.5, 0.6) is 11.5 Å². The van der Waals surface area contributed by atoms with Crippen LogP contribution in [0.15, 0.2) is 60.7 Å². The Bertz CT molecular complexity index is 1510. The van der Waals surface area contributed by atoms with Crippen molar-refractivity contribution in [2.45, 2.75) is 58.2 Å². The molecule has 1 atom stereocenters. The predicted molar refractivity (Wildman–Crippen MR) is 154 cm³/mol. The van der Waals surface area contributed by atoms with E-state index in [0.29, 0.717) is 28.3 Å². The Labute approximate surface area is 234 Å². The van der Waals surface area contributed by atoms with Crippen LogP contribution in [0.2, 0.25) is 0 Å². The Morgan fingerprint density at radius 1 is 1.00 bits per heavy atom. The van der Waals surface area contributed by atoms with Gasteiger partial charge in [0.05, 0.1) is 19.7 Å². The third-order valence-electron chi connectivity index (χ3n) is 7.39. The highest BCUT2D eigenvalue weighted by Gasteiger charge is 2.37. The van der Waals surface area contributed by atoms with Gasteiger partial charge < -0.3 is 14.8 Å². The molecule has 2 amide bonds. The zero-order valence-electron chi connectivity index (χ0n) is 23.4. The zero-order chi connectivity index (χ0) is 28.2. The molecule has 1 saturated carbocycles. The molecular weight excluding hydrogens is 506 g/mol. The number of carbonyl (C=O) groups excluding carboxylic acids is 2. The predicted octanol–water partition coefficient (Wildman–Crippen LogP) is 4.90. The number of fused-ring (bicyclic) bond motifs is 1. The standard InChI is InChI=1S/C31H35N5O4/c1-20-16-21(2)18-23(17-20)36(28(37)19-35-26-14-8-7-13-25(26)33-34-35)29(31(38)32-22-10-5-6-11-22)24-12-9-15-27(39-3)30(24)40-4/h7-9,12-18,22,29H,5-6,10-11,19H2,1-4H3,(H,32,38). The number of aryl methyl sites for hydroxylation is 2. The lowest BCUT2D eigenvalue weighted by Crippen LogP contribution is -2.47. The first-order chi connectivity index (χ1) is 19.4. The van der Waals surface area contributed by atoms with Crippen molar-refractivity contribution in [3.05, 3.63) is 77.4 Å². The van der Waals surface area contributed by atoms with Crippen molar-refractivity contribution in [3.63, 3.8) is 0 Å². The number of aromatic nitrogens is 3. The van der Waals surface area contributed by atoms with Crippen LogP contribution < -0.4 is 19.7 Å². The van der Waals surface area contributed by atoms with Crippen LogP contribution in [-0.4, -0.2) is 47.1 Å². The Hall–Kier alpha value is -4.40. The second-order valence-electron chi connectivity index (χ2n) is 10.3. The van der Waals surface area contributed by atoms with E-state index >= 15 is 0 Å². The van der Waals surface area contributed by atoms with E-state index in [0.717, 1.165) is 42.3 Å². The molecule has 1 fully saturated rings. The third kappa shape index (κ3) is 5.50. The van der Waals surface area contributed by atoms with E-state index in [1.165, 1.54) is 7.11 Å². The van der Waals surface area contributed by atoms with Crippen molar-refractivity contribution in [1.82, 2.24) is 20.3 Å². The summed E-state index contributed by atoms with van der Waals surface area (Å²) in [4.78, 5) is 30.2. The van der Waals surface area contributed by atoms with E-state index in [9.17, 15) is 9.59 Å². The number of hydrogen-bond acceptors (Lipinski definition) is 6. The minimum atomic E-state index is -1.02. The molecule has 9 nitrogen and oxygen atoms in total. The van der Waals surface area contributed by atoms with Crippen molar-refractivity contribution in [2.75, 3.05) is 19.1 Å². The molecule has 9 heteroatoms. The Balaban J connectivity index is 1.66. The molecule has 1 aliphatic carbocycles. The minimum Gasteiger partial charge on any atom is -0.493 e. The number of para-hydroxylation sites is 2. The first kappa shape index (κ1) is 27.2. The fourth-order valence-corrected chi connectivity index (χ4v) is 5.64. The summed E-state index contributed by atoms with van der Waals surface area (Å²) in [6, 6.07) is 17.8. The molecule has 1 unspecified atom stereocenters. The lowest BCUT2D eigenvalue weighted by molar-refractivity contribution is -0.127. The van der Waals surface area contributed by atoms with Crippen molar-refractivity contribution < 1.29 is 19.1 Å². The van der Waals surface area contributed by atoms with Gasteiger partial charge in [0.25, 0.3) is 0 Å². The van der Waals surface area contributed by atoms with Crippen LogP contribution >= 0.6 is 0 Å². The van der Waals surface area contributed by atoms with Gasteiger partial charge in [-0.05, 0) is 68.1 Å². The molecule has 4 aromatic rings. The topological polar surface area (TPSA) is 98.6 Å². The maximum atomic E-state index is 14.4. The molecule has 1 aromatic heterocycles. The number of benzene rings is 3. The molecule has 0 bridgehead atoms. The summed E-state index contributed by atoms with van der Waals surface area (Å²) in [7, 11) is 3.09. The van der Waals surface area contributed by atoms with E-state index in [4.69, 9.17) is 9.47 Å². The van der Waals surface area contributed by atoms with Crippen molar-refractivity contribution in [3.8, 4) is 11.5 Å². The molecule has 40 heavy (non-hydrogen) atoms. The number of amides is 2. The molecule has 3 aromatic carbocycles. The van der Waals surface area contributed by atoms with Crippen LogP contribution in [0, 0.1) is 13.8 Å². The van der Waals surface area contributed by atoms with Crippen LogP contribution in [-0.2, 0) is 16.1 Å². The monoisotopic (exact) mass is 541 g/mol. The molecule has 0 radical (unpaired) electrons. The molecular formula is C31H35N5O4. The number of hydrogen-bond donors (Lipinski definition) is 1. The number of nitrogens with one attached hydrogen (secondary N) is 1. The number of methoxy groups -OCH3 is 2. The molecule has 1 N–H and O–H groups in total. The summed E-state index contributed by atoms with van der Waals surface area (Å²) < 4.78 is 12.9. The summed E-state index contributed by atoms with van der Waals surface area (Å²) in [6.07, 6.45) is 3.96. The lowest BCUT2D eigenvalue weighted by atomic mass is 9.99. The van der Waals surface area contributed by atoms with Crippen LogP contribution in [0.1, 0.15) is 48.4 Å². The van der Waals surface area contributed by atoms with Gasteiger partial charge in [0.2, 0.25) is 11.8 Å². The average molecular weight is 542 g/mol. The Kier molecular flexibility index (Phi) is 8.00. The van der Waals surface area contributed by atoms with Gasteiger partial charge >= 0.3 is 0 Å². The minimum absolute atomic E-state index is 0.0575. The van der Waals surface area contributed by atoms with Crippen molar-refractivity contribution >= 4 is 28.5 Å². The maximum absolute atomic E-state index is 14.4. The molecule has 1 heterocycles. The number of anilines is 1. The van der Waals surface area contributed by atoms with Gasteiger partial charge in [-0.1, -0.05) is 48.4 Å². The summed E-state index contributed by atoms with van der Waals surface area (Å²) >= 11 is 0. The van der Waals surface area contributed by atoms with E-state index in [-0.39, 0.29) is 24.4 Å². The molecule has 0 saturated heterocycles. The SMILES string of the molecule is COc1cccc(C(C(=O)NC2CCCC2)N(C(=O)Cn2nnc3ccccc32)c2cc(C)cc(C)c2)c1OC. The average Bonchev–Trinajstić information content (AvgIpc) is 3.60. The molecule has 0 aliphatic heterocycles. The van der Waals surface area contributed by atoms with Crippen LogP contribution in [0.25, 0.3) is 11.0 Å². The van der Waals surface area contributed by atoms with Gasteiger partial charge in [-0.2, -0.15) is 0 Å². The van der Waals surface area contributed by atoms with Gasteiger partial charge in [0, 0.05) is 17.3 Å². The fourth-order valence-electron chi connectivity index (χ4n) is 5.64. The zero-order valence-corrected chi connectivity index (χ0v) is 23.4. The van der Waals surface area contributed by atoms with Gasteiger partial charge in [0.1, 0.15) is 18.1 Å². The highest BCUT2D eigenvalue weighted by Crippen LogP contribution is 2.40. The summed E-state index contributed by atoms with van der Waals surface area (Å²) in [5.74, 6) is 0.310. The Morgan fingerprint density at radius 3 is 2.42 bits per heavy atom. The number of carbonyl (C=O) groups is 2. The smallest absolute Gasteiger partial charge is 0.249 e. The second kappa shape index (κ2) is 11.8. The van der Waals surface area contributed by atoms with E-state index < -0.39 is 6.04 Å². The Morgan fingerprint density at radius 2 is 1.73 bits per heavy atom. The van der Waals surface area contributed by atoms with Crippen molar-refractivity contribution in [1.29, 1.82) is 0 Å². The van der Waals surface area contributed by atoms with Crippen molar-refractivity contribution in [2.24, 2.45) is 0 Å². The van der Waals surface area contributed by atoms with E-state index in [1.807, 2.05) is 68.4 Å². The number of rotatable bonds is 9. The number of ether oxygens (including phenoxy) is 2. The third-order valence-corrected chi connectivity index (χ3v) is 7.39. The molecule has 5 rings (SSSR count). The number of nitrogens with zero attached hydrogens (tertiary/aromatic N) is 4. The fraction of sp³-hybridized carbons (Fsp3) is 0.355. The van der Waals surface area contributed by atoms with Gasteiger partial charge in [-0.3, -0.25) is 14.5 Å². The normalized spacial score (nSPS) is 14.2. The molecule has 0 spiro atoms. The summed E-state index contributed by atoms with van der Waals surface area (Å²) in [6.45, 7) is 3.85. The van der Waals surface area contributed by atoms with Crippen LogP contribution in [0.3, 0.4) is 0 Å². The highest BCUT2D eigenvalue weighted by molar-refractivity contribution is 6.02. The summed E-state index contributed by atoms with van der Waals surface area (Å²) in [5.41, 5.74) is 4.54. The van der Waals surface area contributed by atoms with Gasteiger partial charge in [-0.15, -0.1) is 5.10 Å². The first-order valence-electron chi connectivity index (χ1n) is 13.6. The highest BCUT2D eigenvalue weighted by atomic mass is 16.5. The molecule has 208 valence electrons. The van der Waals surface area contributed by atoms with Crippen LogP contribution in [0.4, 0.5) is 5.69 Å². The second-order valence-corrected chi connectivity index (χ2v) is 10.3. The van der Waals surface area contributed by atoms with E-state index in [2.05, 4.69) is 15.6 Å². The lowest BCUT2D eigenvalue weighted by Gasteiger charge is -2.33. The maximum Gasteiger partial charge on any atom is 0.249 e. The summed E-state index contributed by atoms with van der Waals surface area (Å²) in [5, 5.41) is 11.7. The molecule has 1 aliphatic rings. The van der Waals surface area contributed by atoms with Gasteiger partial charge in [0.15, 0.2) is 11.5 Å². The van der Waals surface area contributed by atoms with E-state index in [1.54, 1.807) is 22.8 Å². The first-order valence-corrected chi connectivity index (χ1v) is 13.6.